The van der Waals surface area contributed by atoms with Crippen molar-refractivity contribution in [3.63, 3.8) is 0 Å². The number of ether oxygens (including phenoxy) is 1. The summed E-state index contributed by atoms with van der Waals surface area (Å²) in [6.45, 7) is 3.87. The minimum atomic E-state index is 0.673. The van der Waals surface area contributed by atoms with Gasteiger partial charge in [-0.1, -0.05) is 0 Å². The van der Waals surface area contributed by atoms with Crippen LogP contribution in [-0.2, 0) is 0 Å². The molecule has 0 spiro atoms. The van der Waals surface area contributed by atoms with Crippen LogP contribution in [0.3, 0.4) is 0 Å². The lowest BCUT2D eigenvalue weighted by atomic mass is 10.3. The molecule has 1 aromatic carbocycles. The maximum Gasteiger partial charge on any atom is 0.247 e. The normalized spacial score (nSPS) is 15.6. The van der Waals surface area contributed by atoms with E-state index in [0.29, 0.717) is 11.8 Å². The van der Waals surface area contributed by atoms with E-state index in [1.165, 1.54) is 0 Å². The molecule has 1 saturated heterocycles. The van der Waals surface area contributed by atoms with E-state index < -0.39 is 0 Å². The van der Waals surface area contributed by atoms with Gasteiger partial charge in [-0.25, -0.2) is 0 Å². The second-order valence-corrected chi connectivity index (χ2v) is 5.29. The molecular weight excluding hydrogens is 280 g/mol. The number of piperazine rings is 1. The number of hydrogen-bond acceptors (Lipinski definition) is 7. The highest BCUT2D eigenvalue weighted by atomic mass is 16.5. The van der Waals surface area contributed by atoms with Gasteiger partial charge in [-0.2, -0.15) is 10.1 Å². The van der Waals surface area contributed by atoms with Crippen LogP contribution in [0, 0.1) is 0 Å². The highest BCUT2D eigenvalue weighted by Gasteiger charge is 2.17. The predicted octanol–water partition coefficient (Wildman–Crippen LogP) is 1.38. The number of likely N-dealkylation sites (N-methyl/N-ethyl adjacent to an activating group) is 1. The highest BCUT2D eigenvalue weighted by molar-refractivity contribution is 5.57. The second-order valence-electron chi connectivity index (χ2n) is 5.29. The van der Waals surface area contributed by atoms with Crippen LogP contribution < -0.4 is 15.0 Å². The molecule has 22 heavy (non-hydrogen) atoms. The molecule has 0 amide bonds. The van der Waals surface area contributed by atoms with Crippen molar-refractivity contribution in [2.45, 2.75) is 0 Å². The van der Waals surface area contributed by atoms with Crippen molar-refractivity contribution in [2.24, 2.45) is 0 Å². The van der Waals surface area contributed by atoms with Crippen molar-refractivity contribution >= 4 is 17.5 Å². The molecule has 0 atom stereocenters. The maximum atomic E-state index is 5.15. The predicted molar refractivity (Wildman–Crippen MR) is 85.8 cm³/mol. The van der Waals surface area contributed by atoms with Gasteiger partial charge in [-0.05, 0) is 31.3 Å². The molecule has 0 saturated carbocycles. The van der Waals surface area contributed by atoms with E-state index in [0.717, 1.165) is 37.6 Å². The molecule has 1 aliphatic heterocycles. The Hall–Kier alpha value is -2.41. The van der Waals surface area contributed by atoms with Gasteiger partial charge in [0, 0.05) is 31.9 Å². The van der Waals surface area contributed by atoms with Gasteiger partial charge in [0.2, 0.25) is 5.95 Å². The number of hydrogen-bond donors (Lipinski definition) is 1. The van der Waals surface area contributed by atoms with Crippen LogP contribution >= 0.6 is 0 Å². The van der Waals surface area contributed by atoms with Gasteiger partial charge < -0.3 is 19.9 Å². The summed E-state index contributed by atoms with van der Waals surface area (Å²) in [5, 5.41) is 11.4. The van der Waals surface area contributed by atoms with E-state index in [1.54, 1.807) is 13.3 Å². The van der Waals surface area contributed by atoms with Gasteiger partial charge in [0.25, 0.3) is 0 Å². The van der Waals surface area contributed by atoms with Crippen LogP contribution in [0.1, 0.15) is 0 Å². The zero-order valence-electron chi connectivity index (χ0n) is 12.9. The minimum absolute atomic E-state index is 0.673. The Kier molecular flexibility index (Phi) is 4.34. The first-order chi connectivity index (χ1) is 10.7. The van der Waals surface area contributed by atoms with Crippen molar-refractivity contribution in [3.8, 4) is 5.75 Å². The third-order valence-corrected chi connectivity index (χ3v) is 3.70. The summed E-state index contributed by atoms with van der Waals surface area (Å²) in [5.74, 6) is 2.19. The lowest BCUT2D eigenvalue weighted by Gasteiger charge is -2.32. The van der Waals surface area contributed by atoms with Crippen molar-refractivity contribution < 1.29 is 4.74 Å². The standard InChI is InChI=1S/C15H20N6O/c1-20-7-9-21(10-8-20)15-18-14(11-16-19-15)17-12-3-5-13(22-2)6-4-12/h3-6,11H,7-10H2,1-2H3,(H,17,18,19). The molecule has 7 nitrogen and oxygen atoms in total. The Morgan fingerprint density at radius 3 is 2.50 bits per heavy atom. The topological polar surface area (TPSA) is 66.4 Å². The summed E-state index contributed by atoms with van der Waals surface area (Å²) >= 11 is 0. The lowest BCUT2D eigenvalue weighted by molar-refractivity contribution is 0.311. The third kappa shape index (κ3) is 3.43. The summed E-state index contributed by atoms with van der Waals surface area (Å²) in [7, 11) is 3.78. The molecule has 1 N–H and O–H groups in total. The molecule has 1 aliphatic rings. The molecule has 116 valence electrons. The average Bonchev–Trinajstić information content (AvgIpc) is 2.56. The zero-order valence-corrected chi connectivity index (χ0v) is 12.9. The fraction of sp³-hybridized carbons (Fsp3) is 0.400. The Morgan fingerprint density at radius 1 is 1.09 bits per heavy atom. The summed E-state index contributed by atoms with van der Waals surface area (Å²) in [6.07, 6.45) is 1.63. The minimum Gasteiger partial charge on any atom is -0.497 e. The van der Waals surface area contributed by atoms with Gasteiger partial charge in [0.15, 0.2) is 5.82 Å². The van der Waals surface area contributed by atoms with Crippen molar-refractivity contribution in [1.29, 1.82) is 0 Å². The van der Waals surface area contributed by atoms with E-state index in [2.05, 4.69) is 37.3 Å². The monoisotopic (exact) mass is 300 g/mol. The molecule has 2 aromatic rings. The molecule has 0 radical (unpaired) electrons. The Balaban J connectivity index is 1.70. The van der Waals surface area contributed by atoms with Gasteiger partial charge in [-0.15, -0.1) is 5.10 Å². The SMILES string of the molecule is COc1ccc(Nc2cnnc(N3CCN(C)CC3)n2)cc1. The average molecular weight is 300 g/mol. The Morgan fingerprint density at radius 2 is 1.82 bits per heavy atom. The number of benzene rings is 1. The molecule has 7 heteroatoms. The van der Waals surface area contributed by atoms with Crippen LogP contribution in [0.4, 0.5) is 17.5 Å². The molecule has 3 rings (SSSR count). The van der Waals surface area contributed by atoms with Crippen LogP contribution in [-0.4, -0.2) is 60.4 Å². The maximum absolute atomic E-state index is 5.15. The third-order valence-electron chi connectivity index (χ3n) is 3.70. The summed E-state index contributed by atoms with van der Waals surface area (Å²) < 4.78 is 5.15. The van der Waals surface area contributed by atoms with E-state index in [9.17, 15) is 0 Å². The second kappa shape index (κ2) is 6.57. The van der Waals surface area contributed by atoms with Gasteiger partial charge in [0.1, 0.15) is 5.75 Å². The summed E-state index contributed by atoms with van der Waals surface area (Å²) in [6, 6.07) is 7.68. The number of anilines is 3. The zero-order chi connectivity index (χ0) is 15.4. The molecular formula is C15H20N6O. The van der Waals surface area contributed by atoms with Gasteiger partial charge in [0.05, 0.1) is 13.3 Å². The van der Waals surface area contributed by atoms with Crippen molar-refractivity contribution in [3.05, 3.63) is 30.5 Å². The molecule has 1 aromatic heterocycles. The van der Waals surface area contributed by atoms with Crippen molar-refractivity contribution in [2.75, 3.05) is 50.6 Å². The van der Waals surface area contributed by atoms with Crippen molar-refractivity contribution in [1.82, 2.24) is 20.1 Å². The van der Waals surface area contributed by atoms with E-state index in [-0.39, 0.29) is 0 Å². The summed E-state index contributed by atoms with van der Waals surface area (Å²) in [4.78, 5) is 9.00. The first kappa shape index (κ1) is 14.5. The smallest absolute Gasteiger partial charge is 0.247 e. The van der Waals surface area contributed by atoms with Gasteiger partial charge in [-0.3, -0.25) is 0 Å². The van der Waals surface area contributed by atoms with Crippen LogP contribution in [0.25, 0.3) is 0 Å². The molecule has 0 aliphatic carbocycles. The molecule has 2 heterocycles. The fourth-order valence-corrected chi connectivity index (χ4v) is 2.32. The highest BCUT2D eigenvalue weighted by Crippen LogP contribution is 2.19. The quantitative estimate of drug-likeness (QED) is 0.915. The number of methoxy groups -OCH3 is 1. The van der Waals surface area contributed by atoms with Gasteiger partial charge >= 0.3 is 0 Å². The van der Waals surface area contributed by atoms with Crippen LogP contribution in [0.15, 0.2) is 30.5 Å². The fourth-order valence-electron chi connectivity index (χ4n) is 2.32. The van der Waals surface area contributed by atoms with E-state index in [4.69, 9.17) is 4.74 Å². The van der Waals surface area contributed by atoms with Crippen LogP contribution in [0.5, 0.6) is 5.75 Å². The largest absolute Gasteiger partial charge is 0.497 e. The van der Waals surface area contributed by atoms with E-state index >= 15 is 0 Å². The summed E-state index contributed by atoms with van der Waals surface area (Å²) in [5.41, 5.74) is 0.936. The Labute approximate surface area is 129 Å². The first-order valence-electron chi connectivity index (χ1n) is 7.29. The van der Waals surface area contributed by atoms with Crippen LogP contribution in [0.2, 0.25) is 0 Å². The molecule has 1 fully saturated rings. The number of nitrogens with one attached hydrogen (secondary N) is 1. The molecule has 0 unspecified atom stereocenters. The number of nitrogens with zero attached hydrogens (tertiary/aromatic N) is 5. The lowest BCUT2D eigenvalue weighted by Crippen LogP contribution is -2.45. The number of rotatable bonds is 4. The molecule has 0 bridgehead atoms. The van der Waals surface area contributed by atoms with E-state index in [1.807, 2.05) is 24.3 Å². The number of aromatic nitrogens is 3. The first-order valence-corrected chi connectivity index (χ1v) is 7.29. The Bertz CT molecular complexity index is 610.